The van der Waals surface area contributed by atoms with E-state index in [4.69, 9.17) is 0 Å². The molecule has 1 aliphatic carbocycles. The summed E-state index contributed by atoms with van der Waals surface area (Å²) in [7, 11) is 0. The number of piperidine rings is 1. The Hall–Kier alpha value is -0.590. The van der Waals surface area contributed by atoms with E-state index >= 15 is 0 Å². The molecule has 2 atom stereocenters. The number of rotatable bonds is 5. The fraction of sp³-hybridized carbons (Fsp3) is 0.938. The summed E-state index contributed by atoms with van der Waals surface area (Å²) in [5, 5.41) is 13.0. The van der Waals surface area contributed by atoms with Crippen LogP contribution in [0.1, 0.15) is 59.8 Å². The van der Waals surface area contributed by atoms with E-state index in [1.807, 2.05) is 0 Å². The van der Waals surface area contributed by atoms with Crippen LogP contribution in [0, 0.1) is 16.7 Å². The maximum Gasteiger partial charge on any atom is 0.105 e. The number of nitriles is 1. The molecule has 0 aromatic heterocycles. The molecule has 0 aromatic rings. The Labute approximate surface area is 118 Å². The molecule has 1 saturated carbocycles. The molecule has 3 heteroatoms. The molecule has 2 rings (SSSR count). The molecule has 2 unspecified atom stereocenters. The maximum atomic E-state index is 9.46. The first-order chi connectivity index (χ1) is 8.84. The van der Waals surface area contributed by atoms with E-state index in [1.165, 1.54) is 38.8 Å². The standard InChI is InChI=1S/C16H29N3/c1-13(19-9-7-15(2,3)8-10-19)11-16(4,12-17)18-14-5-6-14/h13-14,18H,5-11H2,1-4H3. The lowest BCUT2D eigenvalue weighted by molar-refractivity contribution is 0.0882. The first kappa shape index (κ1) is 14.8. The van der Waals surface area contributed by atoms with Crippen LogP contribution in [0.15, 0.2) is 0 Å². The van der Waals surface area contributed by atoms with Gasteiger partial charge in [0.2, 0.25) is 0 Å². The summed E-state index contributed by atoms with van der Waals surface area (Å²) >= 11 is 0. The van der Waals surface area contributed by atoms with Gasteiger partial charge in [-0.3, -0.25) is 5.32 Å². The quantitative estimate of drug-likeness (QED) is 0.829. The van der Waals surface area contributed by atoms with Gasteiger partial charge in [-0.25, -0.2) is 0 Å². The highest BCUT2D eigenvalue weighted by Crippen LogP contribution is 2.32. The van der Waals surface area contributed by atoms with E-state index in [-0.39, 0.29) is 5.54 Å². The Balaban J connectivity index is 1.85. The zero-order valence-electron chi connectivity index (χ0n) is 13.0. The molecule has 0 amide bonds. The lowest BCUT2D eigenvalue weighted by Gasteiger charge is -2.41. The largest absolute Gasteiger partial charge is 0.301 e. The Morgan fingerprint density at radius 3 is 2.42 bits per heavy atom. The molecule has 108 valence electrons. The van der Waals surface area contributed by atoms with Crippen LogP contribution < -0.4 is 5.32 Å². The average Bonchev–Trinajstić information content (AvgIpc) is 3.12. The number of nitrogens with zero attached hydrogens (tertiary/aromatic N) is 2. The second-order valence-corrected chi connectivity index (χ2v) is 7.62. The molecular weight excluding hydrogens is 234 g/mol. The van der Waals surface area contributed by atoms with Crippen molar-refractivity contribution in [3.05, 3.63) is 0 Å². The Morgan fingerprint density at radius 1 is 1.37 bits per heavy atom. The van der Waals surface area contributed by atoms with Crippen LogP contribution in [0.25, 0.3) is 0 Å². The monoisotopic (exact) mass is 263 g/mol. The average molecular weight is 263 g/mol. The van der Waals surface area contributed by atoms with Crippen molar-refractivity contribution in [3.8, 4) is 6.07 Å². The fourth-order valence-corrected chi connectivity index (χ4v) is 3.11. The molecular formula is C16H29N3. The second-order valence-electron chi connectivity index (χ2n) is 7.62. The summed E-state index contributed by atoms with van der Waals surface area (Å²) < 4.78 is 0. The Kier molecular flexibility index (Phi) is 4.23. The minimum absolute atomic E-state index is 0.354. The molecule has 1 heterocycles. The van der Waals surface area contributed by atoms with Crippen molar-refractivity contribution < 1.29 is 0 Å². The SMILES string of the molecule is CC(CC(C)(C#N)NC1CC1)N1CCC(C)(C)CC1. The molecule has 0 bridgehead atoms. The third kappa shape index (κ3) is 4.19. The highest BCUT2D eigenvalue weighted by Gasteiger charge is 2.36. The molecule has 2 aliphatic rings. The molecule has 1 saturated heterocycles. The minimum Gasteiger partial charge on any atom is -0.301 e. The highest BCUT2D eigenvalue weighted by molar-refractivity contribution is 5.08. The van der Waals surface area contributed by atoms with Gasteiger partial charge in [-0.2, -0.15) is 5.26 Å². The van der Waals surface area contributed by atoms with E-state index in [1.54, 1.807) is 0 Å². The summed E-state index contributed by atoms with van der Waals surface area (Å²) in [6.45, 7) is 11.4. The normalized spacial score (nSPS) is 28.4. The molecule has 19 heavy (non-hydrogen) atoms. The molecule has 1 aliphatic heterocycles. The molecule has 0 aromatic carbocycles. The van der Waals surface area contributed by atoms with Gasteiger partial charge >= 0.3 is 0 Å². The lowest BCUT2D eigenvalue weighted by Crippen LogP contribution is -2.50. The van der Waals surface area contributed by atoms with Gasteiger partial charge in [0, 0.05) is 12.1 Å². The molecule has 3 nitrogen and oxygen atoms in total. The summed E-state index contributed by atoms with van der Waals surface area (Å²) in [4.78, 5) is 2.56. The first-order valence-corrected chi connectivity index (χ1v) is 7.77. The number of nitrogens with one attached hydrogen (secondary N) is 1. The smallest absolute Gasteiger partial charge is 0.105 e. The molecule has 0 spiro atoms. The van der Waals surface area contributed by atoms with Gasteiger partial charge in [0.25, 0.3) is 0 Å². The van der Waals surface area contributed by atoms with E-state index in [0.717, 1.165) is 6.42 Å². The van der Waals surface area contributed by atoms with E-state index < -0.39 is 0 Å². The maximum absolute atomic E-state index is 9.46. The summed E-state index contributed by atoms with van der Waals surface area (Å²) in [5.74, 6) is 0. The highest BCUT2D eigenvalue weighted by atomic mass is 15.2. The van der Waals surface area contributed by atoms with Crippen LogP contribution in [-0.4, -0.2) is 35.6 Å². The number of hydrogen-bond donors (Lipinski definition) is 1. The number of likely N-dealkylation sites (tertiary alicyclic amines) is 1. The molecule has 1 N–H and O–H groups in total. The molecule has 2 fully saturated rings. The van der Waals surface area contributed by atoms with Gasteiger partial charge < -0.3 is 4.90 Å². The summed E-state index contributed by atoms with van der Waals surface area (Å²) in [5.41, 5.74) is 0.147. The Morgan fingerprint density at radius 2 is 1.95 bits per heavy atom. The summed E-state index contributed by atoms with van der Waals surface area (Å²) in [6.07, 6.45) is 5.96. The van der Waals surface area contributed by atoms with E-state index in [9.17, 15) is 5.26 Å². The fourth-order valence-electron chi connectivity index (χ4n) is 3.11. The van der Waals surface area contributed by atoms with Gasteiger partial charge in [-0.1, -0.05) is 13.8 Å². The van der Waals surface area contributed by atoms with Crippen molar-refractivity contribution in [2.24, 2.45) is 5.41 Å². The third-order valence-corrected chi connectivity index (χ3v) is 4.83. The number of hydrogen-bond acceptors (Lipinski definition) is 3. The zero-order chi connectivity index (χ0) is 14.1. The topological polar surface area (TPSA) is 39.1 Å². The van der Waals surface area contributed by atoms with E-state index in [0.29, 0.717) is 17.5 Å². The van der Waals surface area contributed by atoms with Gasteiger partial charge in [0.05, 0.1) is 6.07 Å². The van der Waals surface area contributed by atoms with Crippen LogP contribution in [0.5, 0.6) is 0 Å². The van der Waals surface area contributed by atoms with Crippen molar-refractivity contribution in [2.45, 2.75) is 77.4 Å². The van der Waals surface area contributed by atoms with Crippen molar-refractivity contribution >= 4 is 0 Å². The Bertz CT molecular complexity index is 343. The minimum atomic E-state index is -0.354. The van der Waals surface area contributed by atoms with Crippen molar-refractivity contribution in [1.82, 2.24) is 10.2 Å². The van der Waals surface area contributed by atoms with Crippen LogP contribution in [0.4, 0.5) is 0 Å². The van der Waals surface area contributed by atoms with Crippen LogP contribution in [-0.2, 0) is 0 Å². The van der Waals surface area contributed by atoms with Gasteiger partial charge in [0.1, 0.15) is 5.54 Å². The predicted octanol–water partition coefficient (Wildman–Crippen LogP) is 2.92. The summed E-state index contributed by atoms with van der Waals surface area (Å²) in [6, 6.07) is 3.59. The second kappa shape index (κ2) is 5.42. The lowest BCUT2D eigenvalue weighted by atomic mass is 9.81. The van der Waals surface area contributed by atoms with Gasteiger partial charge in [-0.05, 0) is 64.5 Å². The van der Waals surface area contributed by atoms with E-state index in [2.05, 4.69) is 44.0 Å². The van der Waals surface area contributed by atoms with Crippen LogP contribution in [0.3, 0.4) is 0 Å². The van der Waals surface area contributed by atoms with Gasteiger partial charge in [0.15, 0.2) is 0 Å². The predicted molar refractivity (Wildman–Crippen MR) is 78.8 cm³/mol. The van der Waals surface area contributed by atoms with Gasteiger partial charge in [-0.15, -0.1) is 0 Å². The van der Waals surface area contributed by atoms with Crippen molar-refractivity contribution in [3.63, 3.8) is 0 Å². The van der Waals surface area contributed by atoms with Crippen molar-refractivity contribution in [2.75, 3.05) is 13.1 Å². The van der Waals surface area contributed by atoms with Crippen LogP contribution in [0.2, 0.25) is 0 Å². The first-order valence-electron chi connectivity index (χ1n) is 7.77. The molecule has 0 radical (unpaired) electrons. The van der Waals surface area contributed by atoms with Crippen LogP contribution >= 0.6 is 0 Å². The third-order valence-electron chi connectivity index (χ3n) is 4.83. The van der Waals surface area contributed by atoms with Crippen molar-refractivity contribution in [1.29, 1.82) is 5.26 Å². The zero-order valence-corrected chi connectivity index (χ0v) is 13.0.